The van der Waals surface area contributed by atoms with E-state index >= 15 is 0 Å². The number of rotatable bonds is 7. The van der Waals surface area contributed by atoms with E-state index in [1.165, 1.54) is 0 Å². The van der Waals surface area contributed by atoms with Crippen molar-refractivity contribution in [2.45, 2.75) is 32.3 Å². The number of aliphatic hydroxyl groups is 2. The normalized spacial score (nSPS) is 12.5. The second-order valence-electron chi connectivity index (χ2n) is 4.59. The Morgan fingerprint density at radius 1 is 1.28 bits per heavy atom. The van der Waals surface area contributed by atoms with Crippen molar-refractivity contribution in [1.82, 2.24) is 0 Å². The van der Waals surface area contributed by atoms with Gasteiger partial charge >= 0.3 is 0 Å². The highest BCUT2D eigenvalue weighted by Crippen LogP contribution is 2.28. The van der Waals surface area contributed by atoms with Crippen molar-refractivity contribution in [1.29, 1.82) is 0 Å². The third-order valence-electron chi connectivity index (χ3n) is 3.02. The van der Waals surface area contributed by atoms with E-state index in [0.29, 0.717) is 5.02 Å². The summed E-state index contributed by atoms with van der Waals surface area (Å²) in [5.41, 5.74) is 1.81. The van der Waals surface area contributed by atoms with Crippen molar-refractivity contribution in [2.75, 3.05) is 25.1 Å². The first-order valence-corrected chi connectivity index (χ1v) is 6.73. The molecule has 0 aliphatic rings. The van der Waals surface area contributed by atoms with Crippen molar-refractivity contribution in [3.05, 3.63) is 28.8 Å². The van der Waals surface area contributed by atoms with Crippen LogP contribution in [0.15, 0.2) is 18.2 Å². The van der Waals surface area contributed by atoms with E-state index in [1.54, 1.807) is 6.92 Å². The number of benzene rings is 1. The first-order chi connectivity index (χ1) is 8.56. The summed E-state index contributed by atoms with van der Waals surface area (Å²) in [6.07, 6.45) is 2.41. The summed E-state index contributed by atoms with van der Waals surface area (Å²) in [6, 6.07) is 5.65. The summed E-state index contributed by atoms with van der Waals surface area (Å²) in [6.45, 7) is 2.89. The van der Waals surface area contributed by atoms with E-state index < -0.39 is 6.10 Å². The van der Waals surface area contributed by atoms with Gasteiger partial charge in [0.2, 0.25) is 0 Å². The SMILES string of the molecule is C[C@H](O)c1ccc(N(C)CCCCCO)c(Cl)c1. The Bertz CT molecular complexity index is 369. The summed E-state index contributed by atoms with van der Waals surface area (Å²) >= 11 is 6.22. The van der Waals surface area contributed by atoms with Gasteiger partial charge in [0.25, 0.3) is 0 Å². The van der Waals surface area contributed by atoms with Crippen molar-refractivity contribution < 1.29 is 10.2 Å². The summed E-state index contributed by atoms with van der Waals surface area (Å²) in [7, 11) is 2.00. The molecule has 0 aromatic heterocycles. The molecular weight excluding hydrogens is 250 g/mol. The molecule has 18 heavy (non-hydrogen) atoms. The van der Waals surface area contributed by atoms with E-state index in [2.05, 4.69) is 4.90 Å². The van der Waals surface area contributed by atoms with Gasteiger partial charge < -0.3 is 15.1 Å². The summed E-state index contributed by atoms with van der Waals surface area (Å²) in [4.78, 5) is 2.10. The van der Waals surface area contributed by atoms with Crippen LogP contribution in [0, 0.1) is 0 Å². The largest absolute Gasteiger partial charge is 0.396 e. The fourth-order valence-corrected chi connectivity index (χ4v) is 2.18. The molecule has 0 spiro atoms. The fourth-order valence-electron chi connectivity index (χ4n) is 1.85. The van der Waals surface area contributed by atoms with Crippen LogP contribution in [-0.2, 0) is 0 Å². The Morgan fingerprint density at radius 3 is 2.56 bits per heavy atom. The Balaban J connectivity index is 2.60. The van der Waals surface area contributed by atoms with Gasteiger partial charge in [0.1, 0.15) is 0 Å². The molecule has 0 amide bonds. The maximum absolute atomic E-state index is 9.48. The van der Waals surface area contributed by atoms with Crippen LogP contribution in [0.3, 0.4) is 0 Å². The smallest absolute Gasteiger partial charge is 0.0762 e. The molecule has 0 aliphatic carbocycles. The van der Waals surface area contributed by atoms with Gasteiger partial charge in [-0.05, 0) is 43.9 Å². The van der Waals surface area contributed by atoms with Crippen molar-refractivity contribution in [3.63, 3.8) is 0 Å². The number of hydrogen-bond donors (Lipinski definition) is 2. The minimum absolute atomic E-state index is 0.257. The molecule has 4 heteroatoms. The second-order valence-corrected chi connectivity index (χ2v) is 5.00. The van der Waals surface area contributed by atoms with Gasteiger partial charge in [-0.2, -0.15) is 0 Å². The van der Waals surface area contributed by atoms with Crippen LogP contribution in [-0.4, -0.2) is 30.4 Å². The Kier molecular flexibility index (Phi) is 6.47. The predicted octanol–water partition coefficient (Wildman–Crippen LogP) is 2.99. The first-order valence-electron chi connectivity index (χ1n) is 6.35. The number of halogens is 1. The lowest BCUT2D eigenvalue weighted by molar-refractivity contribution is 0.199. The molecular formula is C14H22ClNO2. The topological polar surface area (TPSA) is 43.7 Å². The number of aliphatic hydroxyl groups excluding tert-OH is 2. The van der Waals surface area contributed by atoms with Gasteiger partial charge in [0.05, 0.1) is 16.8 Å². The quantitative estimate of drug-likeness (QED) is 0.750. The molecule has 0 aliphatic heterocycles. The lowest BCUT2D eigenvalue weighted by Gasteiger charge is -2.21. The Labute approximate surface area is 114 Å². The van der Waals surface area contributed by atoms with Crippen LogP contribution in [0.4, 0.5) is 5.69 Å². The molecule has 0 fully saturated rings. The average molecular weight is 272 g/mol. The van der Waals surface area contributed by atoms with E-state index in [0.717, 1.165) is 37.1 Å². The summed E-state index contributed by atoms with van der Waals surface area (Å²) in [5, 5.41) is 18.9. The molecule has 1 aromatic rings. The predicted molar refractivity (Wildman–Crippen MR) is 76.3 cm³/mol. The Hall–Kier alpha value is -0.770. The summed E-state index contributed by atoms with van der Waals surface area (Å²) in [5.74, 6) is 0. The molecule has 0 radical (unpaired) electrons. The zero-order valence-electron chi connectivity index (χ0n) is 11.1. The van der Waals surface area contributed by atoms with Crippen LogP contribution in [0.1, 0.15) is 37.9 Å². The third-order valence-corrected chi connectivity index (χ3v) is 3.32. The minimum Gasteiger partial charge on any atom is -0.396 e. The maximum atomic E-state index is 9.48. The average Bonchev–Trinajstić information content (AvgIpc) is 2.34. The van der Waals surface area contributed by atoms with Crippen LogP contribution < -0.4 is 4.90 Å². The highest BCUT2D eigenvalue weighted by atomic mass is 35.5. The van der Waals surface area contributed by atoms with Crippen LogP contribution in [0.5, 0.6) is 0 Å². The van der Waals surface area contributed by atoms with E-state index in [4.69, 9.17) is 16.7 Å². The van der Waals surface area contributed by atoms with E-state index in [9.17, 15) is 5.11 Å². The number of anilines is 1. The van der Waals surface area contributed by atoms with Gasteiger partial charge in [-0.25, -0.2) is 0 Å². The molecule has 0 bridgehead atoms. The van der Waals surface area contributed by atoms with Gasteiger partial charge in [-0.1, -0.05) is 17.7 Å². The standard InChI is InChI=1S/C14H22ClNO2/c1-11(18)12-6-7-14(13(15)10-12)16(2)8-4-3-5-9-17/h6-7,10-11,17-18H,3-5,8-9H2,1-2H3/t11-/m0/s1. The van der Waals surface area contributed by atoms with Gasteiger partial charge in [-0.15, -0.1) is 0 Å². The summed E-state index contributed by atoms with van der Waals surface area (Å²) < 4.78 is 0. The molecule has 0 saturated carbocycles. The lowest BCUT2D eigenvalue weighted by Crippen LogP contribution is -2.19. The molecule has 1 aromatic carbocycles. The van der Waals surface area contributed by atoms with Crippen molar-refractivity contribution >= 4 is 17.3 Å². The first kappa shape index (κ1) is 15.3. The molecule has 102 valence electrons. The monoisotopic (exact) mass is 271 g/mol. The number of nitrogens with zero attached hydrogens (tertiary/aromatic N) is 1. The molecule has 0 heterocycles. The van der Waals surface area contributed by atoms with Crippen LogP contribution in [0.2, 0.25) is 5.02 Å². The molecule has 3 nitrogen and oxygen atoms in total. The fraction of sp³-hybridized carbons (Fsp3) is 0.571. The van der Waals surface area contributed by atoms with Gasteiger partial charge in [-0.3, -0.25) is 0 Å². The number of unbranched alkanes of at least 4 members (excludes halogenated alkanes) is 2. The highest BCUT2D eigenvalue weighted by Gasteiger charge is 2.08. The molecule has 1 atom stereocenters. The second kappa shape index (κ2) is 7.62. The Morgan fingerprint density at radius 2 is 2.00 bits per heavy atom. The third kappa shape index (κ3) is 4.48. The van der Waals surface area contributed by atoms with E-state index in [-0.39, 0.29) is 6.61 Å². The zero-order valence-corrected chi connectivity index (χ0v) is 11.8. The van der Waals surface area contributed by atoms with E-state index in [1.807, 2.05) is 25.2 Å². The highest BCUT2D eigenvalue weighted by molar-refractivity contribution is 6.33. The maximum Gasteiger partial charge on any atom is 0.0762 e. The molecule has 0 saturated heterocycles. The van der Waals surface area contributed by atoms with Gasteiger partial charge in [0.15, 0.2) is 0 Å². The molecule has 1 rings (SSSR count). The van der Waals surface area contributed by atoms with Crippen LogP contribution >= 0.6 is 11.6 Å². The minimum atomic E-state index is -0.494. The number of hydrogen-bond acceptors (Lipinski definition) is 3. The lowest BCUT2D eigenvalue weighted by atomic mass is 10.1. The zero-order chi connectivity index (χ0) is 13.5. The van der Waals surface area contributed by atoms with Crippen molar-refractivity contribution in [2.24, 2.45) is 0 Å². The van der Waals surface area contributed by atoms with Gasteiger partial charge in [0, 0.05) is 20.2 Å². The molecule has 0 unspecified atom stereocenters. The molecule has 2 N–H and O–H groups in total. The van der Waals surface area contributed by atoms with Crippen LogP contribution in [0.25, 0.3) is 0 Å². The van der Waals surface area contributed by atoms with Crippen molar-refractivity contribution in [3.8, 4) is 0 Å².